The Morgan fingerprint density at radius 3 is 2.67 bits per heavy atom. The highest BCUT2D eigenvalue weighted by atomic mass is 16.5. The van der Waals surface area contributed by atoms with Crippen LogP contribution in [0.15, 0.2) is 0 Å². The summed E-state index contributed by atoms with van der Waals surface area (Å²) in [6.45, 7) is 4.40. The molecule has 1 N–H and O–H groups in total. The molecule has 0 atom stereocenters. The maximum atomic E-state index is 5.85. The summed E-state index contributed by atoms with van der Waals surface area (Å²) in [5.74, 6) is 0.999. The molecule has 0 aromatic rings. The van der Waals surface area contributed by atoms with Crippen molar-refractivity contribution in [3.63, 3.8) is 0 Å². The summed E-state index contributed by atoms with van der Waals surface area (Å²) >= 11 is 0. The van der Waals surface area contributed by atoms with Gasteiger partial charge in [-0.2, -0.15) is 0 Å². The molecule has 0 saturated heterocycles. The third-order valence-corrected chi connectivity index (χ3v) is 3.88. The number of nitrogens with one attached hydrogen (secondary N) is 1. The van der Waals surface area contributed by atoms with Crippen molar-refractivity contribution in [3.05, 3.63) is 0 Å². The Morgan fingerprint density at radius 2 is 2.07 bits per heavy atom. The first kappa shape index (κ1) is 11.4. The van der Waals surface area contributed by atoms with Crippen LogP contribution in [0, 0.1) is 5.92 Å². The lowest BCUT2D eigenvalue weighted by atomic mass is 9.83. The van der Waals surface area contributed by atoms with Gasteiger partial charge in [-0.25, -0.2) is 0 Å². The summed E-state index contributed by atoms with van der Waals surface area (Å²) in [6.07, 6.45) is 9.96. The van der Waals surface area contributed by atoms with Crippen LogP contribution in [0.4, 0.5) is 0 Å². The predicted molar refractivity (Wildman–Crippen MR) is 63.0 cm³/mol. The van der Waals surface area contributed by atoms with Crippen LogP contribution in [0.1, 0.15) is 51.9 Å². The van der Waals surface area contributed by atoms with Crippen LogP contribution in [-0.2, 0) is 4.74 Å². The molecule has 0 aromatic carbocycles. The van der Waals surface area contributed by atoms with Crippen molar-refractivity contribution in [2.24, 2.45) is 5.92 Å². The van der Waals surface area contributed by atoms with Crippen molar-refractivity contribution in [2.45, 2.75) is 64.0 Å². The molecule has 0 unspecified atom stereocenters. The largest absolute Gasteiger partial charge is 0.378 e. The first-order valence-corrected chi connectivity index (χ1v) is 6.73. The minimum atomic E-state index is 0.569. The molecule has 2 nitrogen and oxygen atoms in total. The first-order valence-electron chi connectivity index (χ1n) is 6.73. The van der Waals surface area contributed by atoms with Crippen LogP contribution in [0.2, 0.25) is 0 Å². The van der Waals surface area contributed by atoms with Gasteiger partial charge in [0.2, 0.25) is 0 Å². The van der Waals surface area contributed by atoms with E-state index in [0.29, 0.717) is 6.10 Å². The Labute approximate surface area is 93.8 Å². The van der Waals surface area contributed by atoms with Crippen LogP contribution < -0.4 is 5.32 Å². The predicted octanol–water partition coefficient (Wildman–Crippen LogP) is 2.72. The third-order valence-electron chi connectivity index (χ3n) is 3.88. The molecule has 0 amide bonds. The molecule has 0 radical (unpaired) electrons. The van der Waals surface area contributed by atoms with E-state index < -0.39 is 0 Å². The minimum Gasteiger partial charge on any atom is -0.378 e. The summed E-state index contributed by atoms with van der Waals surface area (Å²) in [5.41, 5.74) is 0. The molecule has 2 aliphatic carbocycles. The highest BCUT2D eigenvalue weighted by Gasteiger charge is 2.29. The first-order chi connectivity index (χ1) is 7.38. The fraction of sp³-hybridized carbons (Fsp3) is 1.00. The van der Waals surface area contributed by atoms with Crippen molar-refractivity contribution < 1.29 is 4.74 Å². The molecule has 2 saturated carbocycles. The van der Waals surface area contributed by atoms with Crippen LogP contribution in [-0.4, -0.2) is 25.3 Å². The Morgan fingerprint density at radius 1 is 1.27 bits per heavy atom. The lowest BCUT2D eigenvalue weighted by Gasteiger charge is -2.36. The van der Waals surface area contributed by atoms with Gasteiger partial charge >= 0.3 is 0 Å². The van der Waals surface area contributed by atoms with E-state index in [4.69, 9.17) is 4.74 Å². The van der Waals surface area contributed by atoms with Crippen LogP contribution in [0.25, 0.3) is 0 Å². The molecule has 15 heavy (non-hydrogen) atoms. The van der Waals surface area contributed by atoms with E-state index in [1.165, 1.54) is 51.5 Å². The molecular weight excluding hydrogens is 186 g/mol. The van der Waals surface area contributed by atoms with Gasteiger partial charge < -0.3 is 10.1 Å². The molecule has 0 heterocycles. The molecule has 0 aliphatic heterocycles. The standard InChI is InChI=1S/C13H25NO/c1-2-7-14-12-9-13(10-12)15-8-6-11-4-3-5-11/h11-14H,2-10H2,1H3. The fourth-order valence-corrected chi connectivity index (χ4v) is 2.40. The van der Waals surface area contributed by atoms with Gasteiger partial charge in [0.15, 0.2) is 0 Å². The van der Waals surface area contributed by atoms with E-state index in [0.717, 1.165) is 18.6 Å². The maximum absolute atomic E-state index is 5.85. The van der Waals surface area contributed by atoms with Crippen LogP contribution in [0.3, 0.4) is 0 Å². The van der Waals surface area contributed by atoms with Gasteiger partial charge in [0.05, 0.1) is 6.10 Å². The van der Waals surface area contributed by atoms with Gasteiger partial charge in [-0.3, -0.25) is 0 Å². The molecule has 2 rings (SSSR count). The molecule has 0 spiro atoms. The zero-order chi connectivity index (χ0) is 10.5. The number of hydrogen-bond acceptors (Lipinski definition) is 2. The number of rotatable bonds is 7. The van der Waals surface area contributed by atoms with E-state index >= 15 is 0 Å². The van der Waals surface area contributed by atoms with Gasteiger partial charge in [0.1, 0.15) is 0 Å². The minimum absolute atomic E-state index is 0.569. The van der Waals surface area contributed by atoms with E-state index in [1.807, 2.05) is 0 Å². The molecule has 0 bridgehead atoms. The van der Waals surface area contributed by atoms with Crippen molar-refractivity contribution in [2.75, 3.05) is 13.2 Å². The smallest absolute Gasteiger partial charge is 0.0604 e. The van der Waals surface area contributed by atoms with Crippen molar-refractivity contribution >= 4 is 0 Å². The summed E-state index contributed by atoms with van der Waals surface area (Å²) < 4.78 is 5.85. The maximum Gasteiger partial charge on any atom is 0.0604 e. The second kappa shape index (κ2) is 5.86. The zero-order valence-electron chi connectivity index (χ0n) is 10.0. The van der Waals surface area contributed by atoms with Crippen molar-refractivity contribution in [1.29, 1.82) is 0 Å². The quantitative estimate of drug-likeness (QED) is 0.699. The van der Waals surface area contributed by atoms with Gasteiger partial charge in [0, 0.05) is 12.6 Å². The van der Waals surface area contributed by atoms with Gasteiger partial charge in [-0.15, -0.1) is 0 Å². The third kappa shape index (κ3) is 3.46. The highest BCUT2D eigenvalue weighted by molar-refractivity contribution is 4.85. The Bertz CT molecular complexity index is 173. The van der Waals surface area contributed by atoms with E-state index in [9.17, 15) is 0 Å². The normalized spacial score (nSPS) is 31.0. The lowest BCUT2D eigenvalue weighted by Crippen LogP contribution is -2.45. The topological polar surface area (TPSA) is 21.3 Å². The molecule has 2 aliphatic rings. The average molecular weight is 211 g/mol. The summed E-state index contributed by atoms with van der Waals surface area (Å²) in [4.78, 5) is 0. The van der Waals surface area contributed by atoms with Crippen molar-refractivity contribution in [3.8, 4) is 0 Å². The molecular formula is C13H25NO. The second-order valence-corrected chi connectivity index (χ2v) is 5.20. The summed E-state index contributed by atoms with van der Waals surface area (Å²) in [7, 11) is 0. The van der Waals surface area contributed by atoms with E-state index in [2.05, 4.69) is 12.2 Å². The summed E-state index contributed by atoms with van der Waals surface area (Å²) in [5, 5.41) is 3.54. The second-order valence-electron chi connectivity index (χ2n) is 5.20. The van der Waals surface area contributed by atoms with Gasteiger partial charge in [0.25, 0.3) is 0 Å². The Kier molecular flexibility index (Phi) is 4.45. The number of ether oxygens (including phenoxy) is 1. The van der Waals surface area contributed by atoms with E-state index in [-0.39, 0.29) is 0 Å². The lowest BCUT2D eigenvalue weighted by molar-refractivity contribution is -0.0244. The van der Waals surface area contributed by atoms with Crippen LogP contribution >= 0.6 is 0 Å². The Balaban J connectivity index is 1.41. The average Bonchev–Trinajstić information content (AvgIpc) is 2.10. The van der Waals surface area contributed by atoms with Gasteiger partial charge in [-0.05, 0) is 38.1 Å². The number of hydrogen-bond donors (Lipinski definition) is 1. The summed E-state index contributed by atoms with van der Waals surface area (Å²) in [6, 6.07) is 0.749. The monoisotopic (exact) mass is 211 g/mol. The van der Waals surface area contributed by atoms with Crippen LogP contribution in [0.5, 0.6) is 0 Å². The molecule has 0 aromatic heterocycles. The van der Waals surface area contributed by atoms with E-state index in [1.54, 1.807) is 0 Å². The fourth-order valence-electron chi connectivity index (χ4n) is 2.40. The SMILES string of the molecule is CCCNC1CC(OCCC2CCC2)C1. The Hall–Kier alpha value is -0.0800. The van der Waals surface area contributed by atoms with Crippen molar-refractivity contribution in [1.82, 2.24) is 5.32 Å². The molecule has 88 valence electrons. The van der Waals surface area contributed by atoms with Gasteiger partial charge in [-0.1, -0.05) is 26.2 Å². The zero-order valence-corrected chi connectivity index (χ0v) is 10.0. The molecule has 2 fully saturated rings. The highest BCUT2D eigenvalue weighted by Crippen LogP contribution is 2.30. The molecule has 2 heteroatoms.